The lowest BCUT2D eigenvalue weighted by atomic mass is 10.3. The highest BCUT2D eigenvalue weighted by atomic mass is 16.5. The minimum absolute atomic E-state index is 0.427. The van der Waals surface area contributed by atoms with Crippen molar-refractivity contribution < 1.29 is 9.47 Å². The van der Waals surface area contributed by atoms with E-state index in [-0.39, 0.29) is 0 Å². The molecule has 0 spiro atoms. The third-order valence-corrected chi connectivity index (χ3v) is 2.17. The molecule has 88 valence electrons. The second-order valence-electron chi connectivity index (χ2n) is 3.45. The molecule has 1 N–H and O–H groups in total. The van der Waals surface area contributed by atoms with Gasteiger partial charge in [0.15, 0.2) is 0 Å². The van der Waals surface area contributed by atoms with Gasteiger partial charge in [-0.3, -0.25) is 5.32 Å². The summed E-state index contributed by atoms with van der Waals surface area (Å²) in [7, 11) is 0. The van der Waals surface area contributed by atoms with Crippen molar-refractivity contribution in [3.05, 3.63) is 60.7 Å². The summed E-state index contributed by atoms with van der Waals surface area (Å²) < 4.78 is 10.9. The molecule has 0 fully saturated rings. The van der Waals surface area contributed by atoms with Gasteiger partial charge in [-0.25, -0.2) is 0 Å². The molecule has 0 radical (unpaired) electrons. The topological polar surface area (TPSA) is 30.5 Å². The van der Waals surface area contributed by atoms with Gasteiger partial charge in [-0.2, -0.15) is 0 Å². The van der Waals surface area contributed by atoms with Gasteiger partial charge in [0.1, 0.15) is 25.0 Å². The Labute approximate surface area is 101 Å². The largest absolute Gasteiger partial charge is 0.478 e. The molecule has 2 rings (SSSR count). The molecule has 2 aromatic rings. The Bertz CT molecular complexity index is 375. The molecule has 0 aliphatic carbocycles. The summed E-state index contributed by atoms with van der Waals surface area (Å²) in [5.41, 5.74) is 0. The first-order valence-electron chi connectivity index (χ1n) is 5.51. The molecule has 0 aromatic heterocycles. The van der Waals surface area contributed by atoms with Crippen LogP contribution in [-0.4, -0.2) is 13.5 Å². The van der Waals surface area contributed by atoms with E-state index in [2.05, 4.69) is 5.32 Å². The first kappa shape index (κ1) is 11.5. The van der Waals surface area contributed by atoms with E-state index in [0.717, 1.165) is 11.5 Å². The second kappa shape index (κ2) is 6.55. The van der Waals surface area contributed by atoms with Crippen LogP contribution in [-0.2, 0) is 0 Å². The van der Waals surface area contributed by atoms with Crippen LogP contribution in [0.4, 0.5) is 0 Å². The van der Waals surface area contributed by atoms with Crippen molar-refractivity contribution in [1.82, 2.24) is 5.32 Å². The van der Waals surface area contributed by atoms with Gasteiger partial charge >= 0.3 is 0 Å². The Morgan fingerprint density at radius 2 is 1.06 bits per heavy atom. The molecule has 0 aliphatic heterocycles. The number of hydrogen-bond donors (Lipinski definition) is 1. The van der Waals surface area contributed by atoms with Crippen molar-refractivity contribution in [2.24, 2.45) is 0 Å². The molecule has 17 heavy (non-hydrogen) atoms. The van der Waals surface area contributed by atoms with Gasteiger partial charge in [0.05, 0.1) is 0 Å². The summed E-state index contributed by atoms with van der Waals surface area (Å²) in [6.07, 6.45) is 0. The number of hydrogen-bond acceptors (Lipinski definition) is 3. The van der Waals surface area contributed by atoms with Crippen LogP contribution in [0.3, 0.4) is 0 Å². The van der Waals surface area contributed by atoms with Gasteiger partial charge in [-0.1, -0.05) is 36.4 Å². The average Bonchev–Trinajstić information content (AvgIpc) is 2.41. The lowest BCUT2D eigenvalue weighted by Crippen LogP contribution is -2.24. The summed E-state index contributed by atoms with van der Waals surface area (Å²) in [6.45, 7) is 0.855. The van der Waals surface area contributed by atoms with Crippen LogP contribution in [0.15, 0.2) is 60.7 Å². The lowest BCUT2D eigenvalue weighted by Gasteiger charge is -2.09. The monoisotopic (exact) mass is 229 g/mol. The van der Waals surface area contributed by atoms with Crippen LogP contribution in [0.2, 0.25) is 0 Å². The number of benzene rings is 2. The summed E-state index contributed by atoms with van der Waals surface area (Å²) in [4.78, 5) is 0. The molecule has 0 amide bonds. The molecule has 0 atom stereocenters. The van der Waals surface area contributed by atoms with Gasteiger partial charge in [0.2, 0.25) is 0 Å². The molecule has 3 heteroatoms. The van der Waals surface area contributed by atoms with E-state index in [1.54, 1.807) is 0 Å². The third-order valence-electron chi connectivity index (χ3n) is 2.17. The second-order valence-corrected chi connectivity index (χ2v) is 3.45. The maximum absolute atomic E-state index is 5.45. The molecule has 0 bridgehead atoms. The van der Waals surface area contributed by atoms with Crippen molar-refractivity contribution in [3.63, 3.8) is 0 Å². The maximum Gasteiger partial charge on any atom is 0.142 e. The van der Waals surface area contributed by atoms with Crippen molar-refractivity contribution >= 4 is 0 Å². The van der Waals surface area contributed by atoms with E-state index in [1.807, 2.05) is 60.7 Å². The normalized spacial score (nSPS) is 9.88. The molecule has 0 unspecified atom stereocenters. The van der Waals surface area contributed by atoms with Crippen molar-refractivity contribution in [1.29, 1.82) is 0 Å². The Kier molecular flexibility index (Phi) is 4.43. The quantitative estimate of drug-likeness (QED) is 0.610. The smallest absolute Gasteiger partial charge is 0.142 e. The minimum Gasteiger partial charge on any atom is -0.478 e. The molecular weight excluding hydrogens is 214 g/mol. The van der Waals surface area contributed by atoms with Gasteiger partial charge in [0.25, 0.3) is 0 Å². The Hall–Kier alpha value is -2.00. The van der Waals surface area contributed by atoms with E-state index in [0.29, 0.717) is 13.5 Å². The van der Waals surface area contributed by atoms with Crippen LogP contribution >= 0.6 is 0 Å². The van der Waals surface area contributed by atoms with E-state index in [4.69, 9.17) is 9.47 Å². The summed E-state index contributed by atoms with van der Waals surface area (Å²) >= 11 is 0. The van der Waals surface area contributed by atoms with E-state index in [1.165, 1.54) is 0 Å². The standard InChI is InChI=1S/C14H15NO2/c1-3-7-13(8-4-1)16-11-15-12-17-14-9-5-2-6-10-14/h1-10,15H,11-12H2. The summed E-state index contributed by atoms with van der Waals surface area (Å²) in [5.74, 6) is 1.69. The van der Waals surface area contributed by atoms with Crippen molar-refractivity contribution in [2.45, 2.75) is 0 Å². The first-order chi connectivity index (χ1) is 8.45. The molecule has 2 aromatic carbocycles. The van der Waals surface area contributed by atoms with Crippen LogP contribution < -0.4 is 14.8 Å². The van der Waals surface area contributed by atoms with Crippen molar-refractivity contribution in [2.75, 3.05) is 13.5 Å². The zero-order valence-corrected chi connectivity index (χ0v) is 9.50. The fraction of sp³-hybridized carbons (Fsp3) is 0.143. The van der Waals surface area contributed by atoms with Gasteiger partial charge in [0, 0.05) is 0 Å². The Balaban J connectivity index is 1.61. The Morgan fingerprint density at radius 3 is 1.47 bits per heavy atom. The van der Waals surface area contributed by atoms with E-state index >= 15 is 0 Å². The highest BCUT2D eigenvalue weighted by Gasteiger charge is 1.92. The maximum atomic E-state index is 5.45. The average molecular weight is 229 g/mol. The fourth-order valence-electron chi connectivity index (χ4n) is 1.34. The zero-order valence-electron chi connectivity index (χ0n) is 9.50. The zero-order chi connectivity index (χ0) is 11.8. The van der Waals surface area contributed by atoms with Gasteiger partial charge in [-0.05, 0) is 24.3 Å². The van der Waals surface area contributed by atoms with Crippen LogP contribution in [0.1, 0.15) is 0 Å². The number of nitrogens with one attached hydrogen (secondary N) is 1. The SMILES string of the molecule is c1ccc(OCNCOc2ccccc2)cc1. The minimum atomic E-state index is 0.427. The molecule has 0 saturated heterocycles. The van der Waals surface area contributed by atoms with Crippen molar-refractivity contribution in [3.8, 4) is 11.5 Å². The first-order valence-corrected chi connectivity index (χ1v) is 5.51. The molecule has 0 saturated carbocycles. The van der Waals surface area contributed by atoms with E-state index in [9.17, 15) is 0 Å². The van der Waals surface area contributed by atoms with Gasteiger partial charge in [-0.15, -0.1) is 0 Å². The molecule has 3 nitrogen and oxygen atoms in total. The summed E-state index contributed by atoms with van der Waals surface area (Å²) in [5, 5.41) is 3.04. The third kappa shape index (κ3) is 4.17. The highest BCUT2D eigenvalue weighted by molar-refractivity contribution is 5.21. The highest BCUT2D eigenvalue weighted by Crippen LogP contribution is 2.08. The molecular formula is C14H15NO2. The van der Waals surface area contributed by atoms with Crippen LogP contribution in [0.5, 0.6) is 11.5 Å². The summed E-state index contributed by atoms with van der Waals surface area (Å²) in [6, 6.07) is 19.3. The van der Waals surface area contributed by atoms with Crippen LogP contribution in [0, 0.1) is 0 Å². The Morgan fingerprint density at radius 1 is 0.647 bits per heavy atom. The molecule has 0 heterocycles. The predicted molar refractivity (Wildman–Crippen MR) is 67.0 cm³/mol. The predicted octanol–water partition coefficient (Wildman–Crippen LogP) is 2.65. The molecule has 0 aliphatic rings. The number of rotatable bonds is 6. The lowest BCUT2D eigenvalue weighted by molar-refractivity contribution is 0.212. The van der Waals surface area contributed by atoms with Gasteiger partial charge < -0.3 is 9.47 Å². The number of ether oxygens (including phenoxy) is 2. The fourth-order valence-corrected chi connectivity index (χ4v) is 1.34. The van der Waals surface area contributed by atoms with Crippen LogP contribution in [0.25, 0.3) is 0 Å². The van der Waals surface area contributed by atoms with E-state index < -0.39 is 0 Å². The number of para-hydroxylation sites is 2.